The van der Waals surface area contributed by atoms with Gasteiger partial charge in [-0.05, 0) is 61.7 Å². The highest BCUT2D eigenvalue weighted by molar-refractivity contribution is 7.10. The number of rotatable bonds is 8. The topological polar surface area (TPSA) is 49.9 Å². The van der Waals surface area contributed by atoms with Crippen LogP contribution in [0, 0.1) is 11.7 Å². The van der Waals surface area contributed by atoms with E-state index in [9.17, 15) is 14.0 Å². The highest BCUT2D eigenvalue weighted by atomic mass is 32.1. The summed E-state index contributed by atoms with van der Waals surface area (Å²) in [5.41, 5.74) is 1.09. The molecule has 2 aromatic rings. The highest BCUT2D eigenvalue weighted by Gasteiger charge is 2.38. The van der Waals surface area contributed by atoms with Crippen molar-refractivity contribution < 1.29 is 18.7 Å². The van der Waals surface area contributed by atoms with Gasteiger partial charge in [0.1, 0.15) is 24.7 Å². The average Bonchev–Trinajstić information content (AvgIpc) is 3.51. The standard InChI is InChI=1S/C24H29FN2O3S/c1-3-16(2)27(24(29)17-7-8-17)14-23(28)26-11-9-22-20(10-12-31-22)21(26)15-30-19-6-4-5-18(25)13-19/h4-6,10,12-13,16-17,21H,3,7-9,11,14-15H2,1-2H3. The molecule has 2 amide bonds. The lowest BCUT2D eigenvalue weighted by atomic mass is 10.00. The van der Waals surface area contributed by atoms with Crippen LogP contribution in [0.3, 0.4) is 0 Å². The molecule has 0 saturated heterocycles. The summed E-state index contributed by atoms with van der Waals surface area (Å²) in [6, 6.07) is 7.87. The van der Waals surface area contributed by atoms with Crippen LogP contribution in [0.2, 0.25) is 0 Å². The van der Waals surface area contributed by atoms with Gasteiger partial charge in [0.25, 0.3) is 0 Å². The summed E-state index contributed by atoms with van der Waals surface area (Å²) in [5.74, 6) is 0.217. The number of carbonyl (C=O) groups is 2. The molecular weight excluding hydrogens is 415 g/mol. The summed E-state index contributed by atoms with van der Waals surface area (Å²) in [6.07, 6.45) is 3.46. The van der Waals surface area contributed by atoms with Crippen LogP contribution in [0.4, 0.5) is 4.39 Å². The fraction of sp³-hybridized carbons (Fsp3) is 0.500. The Morgan fingerprint density at radius 1 is 1.32 bits per heavy atom. The summed E-state index contributed by atoms with van der Waals surface area (Å²) in [5, 5.41) is 2.04. The van der Waals surface area contributed by atoms with Crippen LogP contribution < -0.4 is 4.74 Å². The third-order valence-corrected chi connectivity index (χ3v) is 7.25. The van der Waals surface area contributed by atoms with Crippen LogP contribution in [0.1, 0.15) is 49.6 Å². The van der Waals surface area contributed by atoms with E-state index in [1.165, 1.54) is 17.0 Å². The van der Waals surface area contributed by atoms with Gasteiger partial charge in [-0.25, -0.2) is 4.39 Å². The Labute approximate surface area is 186 Å². The van der Waals surface area contributed by atoms with Crippen molar-refractivity contribution in [3.63, 3.8) is 0 Å². The number of hydrogen-bond acceptors (Lipinski definition) is 4. The van der Waals surface area contributed by atoms with Crippen molar-refractivity contribution in [1.82, 2.24) is 9.80 Å². The van der Waals surface area contributed by atoms with E-state index in [0.29, 0.717) is 12.3 Å². The Morgan fingerprint density at radius 3 is 2.84 bits per heavy atom. The lowest BCUT2D eigenvalue weighted by Gasteiger charge is -2.38. The third kappa shape index (κ3) is 4.92. The van der Waals surface area contributed by atoms with Crippen molar-refractivity contribution in [1.29, 1.82) is 0 Å². The minimum absolute atomic E-state index is 0.0283. The van der Waals surface area contributed by atoms with Crippen LogP contribution >= 0.6 is 11.3 Å². The van der Waals surface area contributed by atoms with E-state index in [-0.39, 0.29) is 48.8 Å². The van der Waals surface area contributed by atoms with Gasteiger partial charge in [-0.2, -0.15) is 0 Å². The van der Waals surface area contributed by atoms with Gasteiger partial charge in [-0.1, -0.05) is 13.0 Å². The van der Waals surface area contributed by atoms with Crippen LogP contribution in [-0.4, -0.2) is 47.4 Å². The monoisotopic (exact) mass is 444 g/mol. The summed E-state index contributed by atoms with van der Waals surface area (Å²) in [6.45, 7) is 4.98. The first-order valence-electron chi connectivity index (χ1n) is 11.0. The molecule has 5 nitrogen and oxygen atoms in total. The molecular formula is C24H29FN2O3S. The lowest BCUT2D eigenvalue weighted by molar-refractivity contribution is -0.145. The second-order valence-corrected chi connectivity index (χ2v) is 9.42. The summed E-state index contributed by atoms with van der Waals surface area (Å²) >= 11 is 1.69. The number of carbonyl (C=O) groups excluding carboxylic acids is 2. The molecule has 7 heteroatoms. The van der Waals surface area contributed by atoms with Crippen LogP contribution in [0.25, 0.3) is 0 Å². The molecule has 2 aliphatic rings. The van der Waals surface area contributed by atoms with E-state index in [0.717, 1.165) is 31.2 Å². The van der Waals surface area contributed by atoms with Crippen molar-refractivity contribution in [3.8, 4) is 5.75 Å². The van der Waals surface area contributed by atoms with Crippen LogP contribution in [-0.2, 0) is 16.0 Å². The van der Waals surface area contributed by atoms with Crippen LogP contribution in [0.15, 0.2) is 35.7 Å². The summed E-state index contributed by atoms with van der Waals surface area (Å²) in [4.78, 5) is 31.1. The van der Waals surface area contributed by atoms with Crippen molar-refractivity contribution >= 4 is 23.2 Å². The number of fused-ring (bicyclic) bond motifs is 1. The first-order chi connectivity index (χ1) is 15.0. The van der Waals surface area contributed by atoms with Gasteiger partial charge in [0, 0.05) is 29.4 Å². The maximum atomic E-state index is 13.5. The zero-order valence-corrected chi connectivity index (χ0v) is 18.9. The number of ether oxygens (including phenoxy) is 1. The molecule has 1 aliphatic heterocycles. The van der Waals surface area contributed by atoms with Crippen molar-refractivity contribution in [2.24, 2.45) is 5.92 Å². The Bertz CT molecular complexity index is 942. The summed E-state index contributed by atoms with van der Waals surface area (Å²) < 4.78 is 19.4. The molecule has 0 radical (unpaired) electrons. The first kappa shape index (κ1) is 21.8. The number of amides is 2. The minimum Gasteiger partial charge on any atom is -0.491 e. The van der Waals surface area contributed by atoms with Gasteiger partial charge in [-0.15, -0.1) is 11.3 Å². The van der Waals surface area contributed by atoms with Gasteiger partial charge >= 0.3 is 0 Å². The van der Waals surface area contributed by atoms with Gasteiger partial charge < -0.3 is 14.5 Å². The number of hydrogen-bond donors (Lipinski definition) is 0. The van der Waals surface area contributed by atoms with Gasteiger partial charge in [0.05, 0.1) is 6.04 Å². The molecule has 1 aromatic carbocycles. The predicted octanol–water partition coefficient (Wildman–Crippen LogP) is 4.43. The second-order valence-electron chi connectivity index (χ2n) is 8.42. The minimum atomic E-state index is -0.354. The van der Waals surface area contributed by atoms with E-state index < -0.39 is 0 Å². The molecule has 2 atom stereocenters. The number of nitrogens with zero attached hydrogens (tertiary/aromatic N) is 2. The maximum absolute atomic E-state index is 13.5. The quantitative estimate of drug-likeness (QED) is 0.605. The van der Waals surface area contributed by atoms with E-state index in [1.54, 1.807) is 28.4 Å². The fourth-order valence-corrected chi connectivity index (χ4v) is 5.01. The molecule has 0 bridgehead atoms. The van der Waals surface area contributed by atoms with Crippen molar-refractivity contribution in [2.75, 3.05) is 19.7 Å². The number of halogens is 1. The smallest absolute Gasteiger partial charge is 0.242 e. The Balaban J connectivity index is 1.51. The number of thiophene rings is 1. The van der Waals surface area contributed by atoms with Gasteiger partial charge in [0.2, 0.25) is 11.8 Å². The largest absolute Gasteiger partial charge is 0.491 e. The normalized spacial score (nSPS) is 18.9. The predicted molar refractivity (Wildman–Crippen MR) is 119 cm³/mol. The molecule has 0 N–H and O–H groups in total. The summed E-state index contributed by atoms with van der Waals surface area (Å²) in [7, 11) is 0. The first-order valence-corrected chi connectivity index (χ1v) is 11.9. The highest BCUT2D eigenvalue weighted by Crippen LogP contribution is 2.35. The van der Waals surface area contributed by atoms with E-state index in [2.05, 4.69) is 0 Å². The lowest BCUT2D eigenvalue weighted by Crippen LogP contribution is -2.50. The Kier molecular flexibility index (Phi) is 6.60. The molecule has 31 heavy (non-hydrogen) atoms. The molecule has 4 rings (SSSR count). The molecule has 1 saturated carbocycles. The zero-order chi connectivity index (χ0) is 22.0. The molecule has 1 aromatic heterocycles. The molecule has 1 fully saturated rings. The molecule has 0 spiro atoms. The number of benzene rings is 1. The molecule has 1 aliphatic carbocycles. The van der Waals surface area contributed by atoms with Crippen molar-refractivity contribution in [3.05, 3.63) is 52.0 Å². The Morgan fingerprint density at radius 2 is 2.13 bits per heavy atom. The molecule has 166 valence electrons. The van der Waals surface area contributed by atoms with Gasteiger partial charge in [-0.3, -0.25) is 9.59 Å². The van der Waals surface area contributed by atoms with E-state index in [1.807, 2.05) is 30.2 Å². The van der Waals surface area contributed by atoms with E-state index in [4.69, 9.17) is 4.74 Å². The van der Waals surface area contributed by atoms with Crippen LogP contribution in [0.5, 0.6) is 5.75 Å². The Hall–Kier alpha value is -2.41. The molecule has 2 unspecified atom stereocenters. The average molecular weight is 445 g/mol. The maximum Gasteiger partial charge on any atom is 0.242 e. The molecule has 2 heterocycles. The fourth-order valence-electron chi connectivity index (χ4n) is 4.08. The second kappa shape index (κ2) is 9.39. The van der Waals surface area contributed by atoms with Gasteiger partial charge in [0.15, 0.2) is 0 Å². The third-order valence-electron chi connectivity index (χ3n) is 6.26. The zero-order valence-electron chi connectivity index (χ0n) is 18.1. The van der Waals surface area contributed by atoms with E-state index >= 15 is 0 Å². The SMILES string of the molecule is CCC(C)N(CC(=O)N1CCc2sccc2C1COc1cccc(F)c1)C(=O)C1CC1. The van der Waals surface area contributed by atoms with Crippen molar-refractivity contribution in [2.45, 2.75) is 51.6 Å².